The number of amides is 1. The van der Waals surface area contributed by atoms with Crippen LogP contribution in [0.25, 0.3) is 0 Å². The number of aliphatic hydroxyl groups is 2. The molecule has 0 aliphatic heterocycles. The third-order valence-corrected chi connectivity index (χ3v) is 17.6. The van der Waals surface area contributed by atoms with Crippen LogP contribution in [0, 0.1) is 0 Å². The molecule has 1 amide bonds. The Bertz CT molecular complexity index is 1340. The molecule has 0 aromatic rings. The lowest BCUT2D eigenvalue weighted by atomic mass is 10.0. The van der Waals surface area contributed by atoms with E-state index in [2.05, 4.69) is 55.6 Å². The monoisotopic (exact) mass is 1170 g/mol. The lowest BCUT2D eigenvalue weighted by molar-refractivity contribution is -0.143. The number of hydrogen-bond acceptors (Lipinski definition) is 5. The fraction of sp³-hybridized carbons (Fsp3) is 0.896. The highest BCUT2D eigenvalue weighted by molar-refractivity contribution is 5.76. The summed E-state index contributed by atoms with van der Waals surface area (Å²) in [5.74, 6) is -0.0245. The van der Waals surface area contributed by atoms with Gasteiger partial charge in [-0.1, -0.05) is 365 Å². The first-order valence-electron chi connectivity index (χ1n) is 37.7. The molecule has 0 bridgehead atoms. The number of esters is 1. The van der Waals surface area contributed by atoms with Gasteiger partial charge in [0.25, 0.3) is 0 Å². The van der Waals surface area contributed by atoms with Gasteiger partial charge < -0.3 is 20.3 Å². The standard InChI is InChI=1S/C77H147NO5/c1-3-5-7-9-11-13-15-17-18-19-20-33-36-39-42-46-49-53-57-61-65-69-75(80)74(73-79)78-76(81)70-66-62-58-54-50-47-43-40-37-34-31-29-27-25-23-21-22-24-26-28-30-32-35-38-41-44-48-52-56-60-64-68-72-83-77(82)71-67-63-59-55-51-45-16-14-12-10-8-6-4-2/h8,10,14,16,24,26,74-75,79-80H,3-7,9,11-13,15,17-23,25,27-73H2,1-2H3,(H,78,81)/b10-8-,16-14-,26-24-. The Morgan fingerprint density at radius 3 is 0.976 bits per heavy atom. The normalized spacial score (nSPS) is 12.7. The second kappa shape index (κ2) is 72.6. The smallest absolute Gasteiger partial charge is 0.305 e. The minimum absolute atomic E-state index is 0.00329. The summed E-state index contributed by atoms with van der Waals surface area (Å²) in [6.07, 6.45) is 93.6. The molecule has 83 heavy (non-hydrogen) atoms. The van der Waals surface area contributed by atoms with E-state index in [1.54, 1.807) is 0 Å². The Hall–Kier alpha value is -1.92. The summed E-state index contributed by atoms with van der Waals surface area (Å²) in [4.78, 5) is 24.6. The van der Waals surface area contributed by atoms with Gasteiger partial charge in [0.2, 0.25) is 5.91 Å². The molecule has 0 heterocycles. The molecule has 3 N–H and O–H groups in total. The summed E-state index contributed by atoms with van der Waals surface area (Å²) < 4.78 is 5.48. The molecular formula is C77H147NO5. The molecular weight excluding hydrogens is 1020 g/mol. The molecule has 2 unspecified atom stereocenters. The van der Waals surface area contributed by atoms with Crippen molar-refractivity contribution in [1.82, 2.24) is 5.32 Å². The Kier molecular flexibility index (Phi) is 70.9. The topological polar surface area (TPSA) is 95.9 Å². The van der Waals surface area contributed by atoms with E-state index >= 15 is 0 Å². The summed E-state index contributed by atoms with van der Waals surface area (Å²) >= 11 is 0. The van der Waals surface area contributed by atoms with E-state index in [-0.39, 0.29) is 18.5 Å². The first-order valence-corrected chi connectivity index (χ1v) is 37.7. The van der Waals surface area contributed by atoms with Gasteiger partial charge >= 0.3 is 5.97 Å². The van der Waals surface area contributed by atoms with E-state index in [1.807, 2.05) is 0 Å². The van der Waals surface area contributed by atoms with Crippen LogP contribution in [0.15, 0.2) is 36.5 Å². The average Bonchev–Trinajstić information content (AvgIpc) is 3.49. The first-order chi connectivity index (χ1) is 41.0. The van der Waals surface area contributed by atoms with E-state index in [1.165, 1.54) is 334 Å². The summed E-state index contributed by atoms with van der Waals surface area (Å²) in [7, 11) is 0. The molecule has 0 saturated heterocycles. The highest BCUT2D eigenvalue weighted by Crippen LogP contribution is 2.19. The molecule has 0 aliphatic carbocycles. The zero-order valence-electron chi connectivity index (χ0n) is 56.2. The number of hydrogen-bond donors (Lipinski definition) is 3. The molecule has 2 atom stereocenters. The number of carbonyl (C=O) groups is 2. The molecule has 0 rings (SSSR count). The fourth-order valence-corrected chi connectivity index (χ4v) is 11.9. The third-order valence-electron chi connectivity index (χ3n) is 17.6. The van der Waals surface area contributed by atoms with E-state index < -0.39 is 12.1 Å². The minimum atomic E-state index is -0.664. The van der Waals surface area contributed by atoms with Gasteiger partial charge in [0.1, 0.15) is 0 Å². The summed E-state index contributed by atoms with van der Waals surface area (Å²) in [5, 5.41) is 23.4. The second-order valence-corrected chi connectivity index (χ2v) is 26.0. The number of allylic oxidation sites excluding steroid dienone is 6. The molecule has 0 aliphatic rings. The molecule has 0 aromatic carbocycles. The number of nitrogens with one attached hydrogen (secondary N) is 1. The SMILES string of the molecule is CCC/C=C\C/C=C\CCCCCCCC(=O)OCCCCCCCCCCCCCC/C=C\CCCCCCCCCCCCCCCCCCC(=O)NC(CO)C(O)CCCCCCCCCCCCCCCCCCCCCCC. The van der Waals surface area contributed by atoms with Gasteiger partial charge in [0.05, 0.1) is 25.4 Å². The van der Waals surface area contributed by atoms with E-state index in [0.717, 1.165) is 51.4 Å². The predicted octanol–water partition coefficient (Wildman–Crippen LogP) is 24.7. The van der Waals surface area contributed by atoms with Crippen LogP contribution in [0.5, 0.6) is 0 Å². The lowest BCUT2D eigenvalue weighted by Gasteiger charge is -2.22. The van der Waals surface area contributed by atoms with E-state index in [9.17, 15) is 19.8 Å². The molecule has 0 radical (unpaired) electrons. The Balaban J connectivity index is 3.36. The lowest BCUT2D eigenvalue weighted by Crippen LogP contribution is -2.45. The molecule has 6 heteroatoms. The molecule has 0 saturated carbocycles. The predicted molar refractivity (Wildman–Crippen MR) is 366 cm³/mol. The number of ether oxygens (including phenoxy) is 1. The number of carbonyl (C=O) groups excluding carboxylic acids is 2. The van der Waals surface area contributed by atoms with Gasteiger partial charge in [-0.15, -0.1) is 0 Å². The maximum absolute atomic E-state index is 12.6. The Labute approximate surface area is 519 Å². The third kappa shape index (κ3) is 69.1. The maximum Gasteiger partial charge on any atom is 0.305 e. The highest BCUT2D eigenvalue weighted by atomic mass is 16.5. The van der Waals surface area contributed by atoms with Crippen LogP contribution in [0.4, 0.5) is 0 Å². The van der Waals surface area contributed by atoms with Crippen LogP contribution in [0.3, 0.4) is 0 Å². The van der Waals surface area contributed by atoms with Crippen molar-refractivity contribution in [3.05, 3.63) is 36.5 Å². The Morgan fingerprint density at radius 2 is 0.627 bits per heavy atom. The van der Waals surface area contributed by atoms with Gasteiger partial charge in [-0.05, 0) is 77.0 Å². The highest BCUT2D eigenvalue weighted by Gasteiger charge is 2.20. The van der Waals surface area contributed by atoms with Crippen molar-refractivity contribution in [3.63, 3.8) is 0 Å². The van der Waals surface area contributed by atoms with Gasteiger partial charge in [0, 0.05) is 12.8 Å². The average molecular weight is 1170 g/mol. The van der Waals surface area contributed by atoms with Crippen LogP contribution in [-0.4, -0.2) is 47.4 Å². The van der Waals surface area contributed by atoms with Crippen LogP contribution in [0.2, 0.25) is 0 Å². The van der Waals surface area contributed by atoms with Crippen LogP contribution >= 0.6 is 0 Å². The summed E-state index contributed by atoms with van der Waals surface area (Å²) in [6.45, 7) is 4.92. The van der Waals surface area contributed by atoms with E-state index in [0.29, 0.717) is 25.9 Å². The quantitative estimate of drug-likeness (QED) is 0.0320. The largest absolute Gasteiger partial charge is 0.466 e. The Morgan fingerprint density at radius 1 is 0.337 bits per heavy atom. The molecule has 0 fully saturated rings. The fourth-order valence-electron chi connectivity index (χ4n) is 11.9. The molecule has 0 aromatic heterocycles. The van der Waals surface area contributed by atoms with Gasteiger partial charge in [-0.3, -0.25) is 9.59 Å². The first kappa shape index (κ1) is 81.1. The van der Waals surface area contributed by atoms with E-state index in [4.69, 9.17) is 4.74 Å². The zero-order valence-corrected chi connectivity index (χ0v) is 56.2. The van der Waals surface area contributed by atoms with Crippen molar-refractivity contribution in [2.75, 3.05) is 13.2 Å². The van der Waals surface area contributed by atoms with Crippen molar-refractivity contribution in [2.24, 2.45) is 0 Å². The van der Waals surface area contributed by atoms with Gasteiger partial charge in [-0.25, -0.2) is 0 Å². The van der Waals surface area contributed by atoms with Crippen molar-refractivity contribution in [1.29, 1.82) is 0 Å². The number of aliphatic hydroxyl groups excluding tert-OH is 2. The molecule has 490 valence electrons. The van der Waals surface area contributed by atoms with Crippen LogP contribution in [0.1, 0.15) is 418 Å². The van der Waals surface area contributed by atoms with Gasteiger partial charge in [-0.2, -0.15) is 0 Å². The van der Waals surface area contributed by atoms with Crippen molar-refractivity contribution >= 4 is 11.9 Å². The van der Waals surface area contributed by atoms with Crippen LogP contribution < -0.4 is 5.32 Å². The maximum atomic E-state index is 12.6. The summed E-state index contributed by atoms with van der Waals surface area (Å²) in [6, 6.07) is -0.541. The van der Waals surface area contributed by atoms with Crippen molar-refractivity contribution in [2.45, 2.75) is 431 Å². The number of unbranched alkanes of at least 4 members (excludes halogenated alkanes) is 54. The second-order valence-electron chi connectivity index (χ2n) is 26.0. The van der Waals surface area contributed by atoms with Crippen molar-refractivity contribution < 1.29 is 24.5 Å². The zero-order chi connectivity index (χ0) is 59.9. The van der Waals surface area contributed by atoms with Crippen molar-refractivity contribution in [3.8, 4) is 0 Å². The molecule has 0 spiro atoms. The molecule has 6 nitrogen and oxygen atoms in total. The number of rotatable bonds is 71. The minimum Gasteiger partial charge on any atom is -0.466 e. The summed E-state index contributed by atoms with van der Waals surface area (Å²) in [5.41, 5.74) is 0. The van der Waals surface area contributed by atoms with Crippen LogP contribution in [-0.2, 0) is 14.3 Å². The van der Waals surface area contributed by atoms with Gasteiger partial charge in [0.15, 0.2) is 0 Å².